The van der Waals surface area contributed by atoms with E-state index in [2.05, 4.69) is 539 Å². The van der Waals surface area contributed by atoms with Crippen LogP contribution in [0.4, 0.5) is 0 Å². The Morgan fingerprint density at radius 2 is 0.357 bits per heavy atom. The molecule has 0 saturated carbocycles. The molecule has 0 saturated heterocycles. The van der Waals surface area contributed by atoms with Crippen molar-refractivity contribution in [1.29, 1.82) is 0 Å². The highest BCUT2D eigenvalue weighted by atomic mass is 79.9. The molecule has 20 aromatic carbocycles. The van der Waals surface area contributed by atoms with E-state index in [1.807, 2.05) is 0 Å². The topological polar surface area (TPSA) is 14.8 Å². The van der Waals surface area contributed by atoms with Crippen molar-refractivity contribution in [3.63, 3.8) is 0 Å². The van der Waals surface area contributed by atoms with E-state index >= 15 is 0 Å². The molecule has 0 bridgehead atoms. The van der Waals surface area contributed by atoms with Gasteiger partial charge in [-0.1, -0.05) is 441 Å². The van der Waals surface area contributed by atoms with Crippen molar-refractivity contribution in [1.82, 2.24) is 13.7 Å². The molecule has 0 radical (unpaired) electrons. The van der Waals surface area contributed by atoms with E-state index < -0.39 is 32.3 Å². The van der Waals surface area contributed by atoms with E-state index in [1.54, 1.807) is 0 Å². The molecule has 608 valence electrons. The van der Waals surface area contributed by atoms with Gasteiger partial charge in [-0.2, -0.15) is 0 Å². The van der Waals surface area contributed by atoms with E-state index in [1.165, 1.54) is 188 Å². The lowest BCUT2D eigenvalue weighted by molar-refractivity contribution is 1.18. The summed E-state index contributed by atoms with van der Waals surface area (Å²) >= 11 is 3.89. The molecule has 0 spiro atoms. The molecule has 5 heterocycles. The van der Waals surface area contributed by atoms with Crippen LogP contribution in [0.5, 0.6) is 0 Å². The zero-order valence-electron chi connectivity index (χ0n) is 70.9. The van der Waals surface area contributed by atoms with Crippen LogP contribution in [0, 0.1) is 0 Å². The Hall–Kier alpha value is -14.9. The van der Waals surface area contributed by atoms with Crippen LogP contribution in [0.1, 0.15) is 11.1 Å². The lowest BCUT2D eigenvalue weighted by Crippen LogP contribution is -2.93. The molecule has 3 aliphatic rings. The molecule has 0 fully saturated rings. The van der Waals surface area contributed by atoms with Gasteiger partial charge in [0, 0.05) is 53.9 Å². The SMILES string of the molecule is Brc1cccc([Si]2(c3ccccc3)c3ccccc3[Si](c3ccccc3)(c3cccc(-n4c5ccccc5c5ccccc54)c3)c3ccccc32)c1.c1ccc([Si]2(c3cccc(-n4c5ccccc5c5ccccc54)c3)c3ccccc3[Si](c3ccccc3)(c3cccc(-n4c5ccccc5c5ccccc54)c3)c3ccccc32)cc1.c1ccc2c(c1)Cc1ccccc1-2. The lowest BCUT2D eigenvalue weighted by Gasteiger charge is -2.48. The van der Waals surface area contributed by atoms with Crippen LogP contribution in [0.25, 0.3) is 93.6 Å². The average Bonchev–Trinajstić information content (AvgIpc) is 1.37. The van der Waals surface area contributed by atoms with Crippen LogP contribution < -0.4 is 83.0 Å². The van der Waals surface area contributed by atoms with Crippen LogP contribution in [0.3, 0.4) is 0 Å². The summed E-state index contributed by atoms with van der Waals surface area (Å²) in [5, 5.41) is 30.6. The summed E-state index contributed by atoms with van der Waals surface area (Å²) in [5.41, 5.74) is 16.7. The molecule has 1 aliphatic carbocycles. The van der Waals surface area contributed by atoms with Crippen molar-refractivity contribution in [2.45, 2.75) is 6.42 Å². The predicted molar refractivity (Wildman–Crippen MR) is 560 cm³/mol. The van der Waals surface area contributed by atoms with Gasteiger partial charge in [0.2, 0.25) is 0 Å². The van der Waals surface area contributed by atoms with Crippen molar-refractivity contribution in [2.75, 3.05) is 0 Å². The highest BCUT2D eigenvalue weighted by Crippen LogP contribution is 2.39. The van der Waals surface area contributed by atoms with Gasteiger partial charge >= 0.3 is 0 Å². The summed E-state index contributed by atoms with van der Waals surface area (Å²) in [7, 11) is -11.8. The Bertz CT molecular complexity index is 7740. The maximum absolute atomic E-state index is 3.89. The molecule has 23 aromatic rings. The van der Waals surface area contributed by atoms with Crippen LogP contribution in [-0.2, 0) is 6.42 Å². The maximum atomic E-state index is 3.89. The van der Waals surface area contributed by atoms with Gasteiger partial charge in [-0.3, -0.25) is 0 Å². The zero-order valence-corrected chi connectivity index (χ0v) is 76.5. The van der Waals surface area contributed by atoms with Gasteiger partial charge in [0.25, 0.3) is 0 Å². The Labute approximate surface area is 763 Å². The van der Waals surface area contributed by atoms with Crippen LogP contribution in [0.2, 0.25) is 0 Å². The van der Waals surface area contributed by atoms with Crippen LogP contribution >= 0.6 is 15.9 Å². The fourth-order valence-corrected chi connectivity index (χ4v) is 47.9. The predicted octanol–water partition coefficient (Wildman–Crippen LogP) is 18.8. The summed E-state index contributed by atoms with van der Waals surface area (Å²) in [6.45, 7) is 0. The van der Waals surface area contributed by atoms with Crippen molar-refractivity contribution in [3.8, 4) is 28.2 Å². The van der Waals surface area contributed by atoms with E-state index in [0.717, 1.165) is 10.9 Å². The molecule has 26 rings (SSSR count). The molecule has 129 heavy (non-hydrogen) atoms. The summed E-state index contributed by atoms with van der Waals surface area (Å²) < 4.78 is 8.53. The van der Waals surface area contributed by atoms with E-state index in [0.29, 0.717) is 0 Å². The van der Waals surface area contributed by atoms with Crippen molar-refractivity contribution in [3.05, 3.63) is 525 Å². The first-order valence-corrected chi connectivity index (χ1v) is 53.6. The zero-order chi connectivity index (χ0) is 85.6. The minimum atomic E-state index is -3.03. The van der Waals surface area contributed by atoms with Gasteiger partial charge in [0.05, 0.1) is 33.1 Å². The van der Waals surface area contributed by atoms with Gasteiger partial charge in [-0.15, -0.1) is 0 Å². The minimum Gasteiger partial charge on any atom is -0.309 e. The van der Waals surface area contributed by atoms with E-state index in [-0.39, 0.29) is 0 Å². The molecule has 8 heteroatoms. The Morgan fingerprint density at radius 1 is 0.163 bits per heavy atom. The molecule has 0 N–H and O–H groups in total. The molecule has 0 unspecified atom stereocenters. The number of rotatable bonds is 11. The second kappa shape index (κ2) is 31.9. The first-order valence-electron chi connectivity index (χ1n) is 44.8. The normalized spacial score (nSPS) is 16.8. The number of halogens is 1. The fourth-order valence-electron chi connectivity index (χ4n) is 23.1. The number of fused-ring (bicyclic) bond motifs is 16. The largest absolute Gasteiger partial charge is 0.309 e. The maximum Gasteiger partial charge on any atom is 0.179 e. The molecule has 3 nitrogen and oxygen atoms in total. The summed E-state index contributed by atoms with van der Waals surface area (Å²) in [6, 6.07) is 192. The minimum absolute atomic E-state index is 1.10. The highest BCUT2D eigenvalue weighted by molar-refractivity contribution is 9.10. The first kappa shape index (κ1) is 77.7. The first-order chi connectivity index (χ1) is 63.9. The van der Waals surface area contributed by atoms with Crippen LogP contribution in [-0.4, -0.2) is 46.0 Å². The molecule has 0 amide bonds. The Kier molecular flexibility index (Phi) is 19.2. The molecule has 3 aromatic heterocycles. The van der Waals surface area contributed by atoms with Gasteiger partial charge < -0.3 is 13.7 Å². The number of para-hydroxylation sites is 6. The number of nitrogens with zero attached hydrogens (tertiary/aromatic N) is 3. The summed E-state index contributed by atoms with van der Waals surface area (Å²) in [4.78, 5) is 0. The van der Waals surface area contributed by atoms with E-state index in [9.17, 15) is 0 Å². The Balaban J connectivity index is 0.000000127. The third kappa shape index (κ3) is 12.0. The third-order valence-electron chi connectivity index (χ3n) is 28.1. The summed E-state index contributed by atoms with van der Waals surface area (Å²) in [6.07, 6.45) is 1.10. The van der Waals surface area contributed by atoms with E-state index in [4.69, 9.17) is 0 Å². The van der Waals surface area contributed by atoms with Gasteiger partial charge in [-0.05, 0) is 197 Å². The third-order valence-corrected chi connectivity index (χ3v) is 49.0. The number of hydrogen-bond acceptors (Lipinski definition) is 0. The number of aromatic nitrogens is 3. The van der Waals surface area contributed by atoms with Crippen LogP contribution in [0.15, 0.2) is 514 Å². The second-order valence-corrected chi connectivity index (χ2v) is 50.3. The van der Waals surface area contributed by atoms with Gasteiger partial charge in [-0.25, -0.2) is 0 Å². The smallest absolute Gasteiger partial charge is 0.179 e. The molecule has 2 aliphatic heterocycles. The van der Waals surface area contributed by atoms with Crippen molar-refractivity contribution >= 4 is 197 Å². The van der Waals surface area contributed by atoms with Gasteiger partial charge in [0.15, 0.2) is 32.3 Å². The van der Waals surface area contributed by atoms with Gasteiger partial charge in [0.1, 0.15) is 0 Å². The Morgan fingerprint density at radius 3 is 0.605 bits per heavy atom. The quantitative estimate of drug-likeness (QED) is 0.115. The van der Waals surface area contributed by atoms with Crippen molar-refractivity contribution in [2.24, 2.45) is 0 Å². The van der Waals surface area contributed by atoms with Crippen molar-refractivity contribution < 1.29 is 0 Å². The summed E-state index contributed by atoms with van der Waals surface area (Å²) in [5.74, 6) is 0. The fraction of sp³-hybridized carbons (Fsp3) is 0.00826. The average molecular weight is 1770 g/mol. The standard InChI is InChI=1S/C60H42N2Si2.C48H34BrNSi2.C13H10/c1-3-23-45(24-4-1)63(47-27-19-21-43(41-47)61-53-33-11-7-29-49(53)50-30-8-12-34-54(50)61)57-37-15-17-39-59(57)64(46-25-5-2-6-26-46,60-40-18-16-38-58(60)63)48-28-20-22-44(42-48)62-55-35-13-9-31-51(55)52-32-10-14-36-56(52)62;49-35-17-15-23-39(33-35)51(37-19-3-1-4-20-37)45-29-11-13-31-47(45)52(38-21-5-2-6-22-38,48-32-14-12-30-46(48)51)40-24-16-18-36(34-40)50-43-27-9-7-25-41(43)42-26-8-10-28-44(42)50;1-3-7-12-10(5-1)9-11-6-2-4-8-13(11)12/h1-42H;1-34H;1-8H,9H2. The monoisotopic (exact) mass is 1770 g/mol. The highest BCUT2D eigenvalue weighted by Gasteiger charge is 2.59. The number of hydrogen-bond donors (Lipinski definition) is 0. The second-order valence-electron chi connectivity index (χ2n) is 34.4. The number of benzene rings is 20. The lowest BCUT2D eigenvalue weighted by atomic mass is 10.1. The molecular formula is C121H86BrN3Si4. The molecular weight excluding hydrogens is 1690 g/mol. The molecule has 0 atom stereocenters.